The molecule has 0 atom stereocenters. The van der Waals surface area contributed by atoms with E-state index in [1.165, 1.54) is 0 Å². The van der Waals surface area contributed by atoms with Crippen molar-refractivity contribution in [3.05, 3.63) is 17.7 Å². The second-order valence-electron chi connectivity index (χ2n) is 3.95. The van der Waals surface area contributed by atoms with Gasteiger partial charge in [-0.25, -0.2) is 0 Å². The van der Waals surface area contributed by atoms with E-state index in [1.54, 1.807) is 20.8 Å². The largest absolute Gasteiger partial charge is 0.422 e. The van der Waals surface area contributed by atoms with E-state index >= 15 is 0 Å². The van der Waals surface area contributed by atoms with Crippen LogP contribution < -0.4 is 0 Å². The van der Waals surface area contributed by atoms with Crippen LogP contribution in [0.1, 0.15) is 26.3 Å². The van der Waals surface area contributed by atoms with Crippen molar-refractivity contribution in [3.63, 3.8) is 0 Å². The van der Waals surface area contributed by atoms with Gasteiger partial charge in [0.05, 0.1) is 5.54 Å². The van der Waals surface area contributed by atoms with E-state index in [2.05, 4.69) is 5.10 Å². The topological polar surface area (TPSA) is 17.8 Å². The highest BCUT2D eigenvalue weighted by Gasteiger charge is 2.37. The molecule has 14 heavy (non-hydrogen) atoms. The molecule has 80 valence electrons. The van der Waals surface area contributed by atoms with E-state index < -0.39 is 23.2 Å². The normalized spacial score (nSPS) is 13.4. The number of hydrogen-bond acceptors (Lipinski definition) is 1. The predicted octanol–water partition coefficient (Wildman–Crippen LogP) is 2.80. The molecule has 0 aliphatic rings. The molecule has 0 saturated heterocycles. The minimum Gasteiger partial charge on any atom is -0.264 e. The number of aromatic nitrogens is 2. The Hall–Kier alpha value is -1.07. The Morgan fingerprint density at radius 1 is 1.21 bits per heavy atom. The first-order chi connectivity index (χ1) is 6.12. The van der Waals surface area contributed by atoms with E-state index in [0.717, 1.165) is 4.68 Å². The van der Waals surface area contributed by atoms with Crippen LogP contribution in [0.3, 0.4) is 0 Å². The van der Waals surface area contributed by atoms with Crippen LogP contribution in [0.5, 0.6) is 0 Å². The Morgan fingerprint density at radius 3 is 1.93 bits per heavy atom. The summed E-state index contributed by atoms with van der Waals surface area (Å²) in [5, 5.41) is 3.18. The molecule has 0 spiro atoms. The van der Waals surface area contributed by atoms with Crippen molar-refractivity contribution in [1.82, 2.24) is 9.78 Å². The Balaban J connectivity index is 3.19. The fourth-order valence-electron chi connectivity index (χ4n) is 0.887. The van der Waals surface area contributed by atoms with Gasteiger partial charge >= 0.3 is 6.18 Å². The van der Waals surface area contributed by atoms with Gasteiger partial charge < -0.3 is 0 Å². The predicted molar refractivity (Wildman–Crippen MR) is 42.2 cm³/mol. The third-order valence-electron chi connectivity index (χ3n) is 1.66. The molecular formula is C8H10F4N2. The van der Waals surface area contributed by atoms with Crippen LogP contribution in [-0.4, -0.2) is 9.78 Å². The second-order valence-corrected chi connectivity index (χ2v) is 3.95. The highest BCUT2D eigenvalue weighted by Crippen LogP contribution is 2.31. The standard InChI is InChI=1S/C8H10F4N2/c1-7(2,3)14-4-5(6(9)13-14)8(10,11)12/h4H,1-3H3. The Morgan fingerprint density at radius 2 is 1.71 bits per heavy atom. The van der Waals surface area contributed by atoms with Crippen molar-refractivity contribution < 1.29 is 17.6 Å². The number of alkyl halides is 3. The fourth-order valence-corrected chi connectivity index (χ4v) is 0.887. The van der Waals surface area contributed by atoms with E-state index in [0.29, 0.717) is 6.20 Å². The molecule has 0 aliphatic carbocycles. The molecular weight excluding hydrogens is 200 g/mol. The highest BCUT2D eigenvalue weighted by molar-refractivity contribution is 5.11. The first kappa shape index (κ1) is 11.0. The zero-order chi connectivity index (χ0) is 11.1. The third-order valence-corrected chi connectivity index (χ3v) is 1.66. The quantitative estimate of drug-likeness (QED) is 0.602. The zero-order valence-electron chi connectivity index (χ0n) is 7.98. The first-order valence-electron chi connectivity index (χ1n) is 3.95. The van der Waals surface area contributed by atoms with Crippen LogP contribution in [0, 0.1) is 5.95 Å². The molecule has 0 aliphatic heterocycles. The van der Waals surface area contributed by atoms with Crippen LogP contribution in [0.2, 0.25) is 0 Å². The third kappa shape index (κ3) is 2.05. The molecule has 1 rings (SSSR count). The van der Waals surface area contributed by atoms with Crippen LogP contribution in [0.4, 0.5) is 17.6 Å². The van der Waals surface area contributed by atoms with E-state index in [-0.39, 0.29) is 0 Å². The van der Waals surface area contributed by atoms with Gasteiger partial charge in [-0.3, -0.25) is 4.68 Å². The van der Waals surface area contributed by atoms with Crippen molar-refractivity contribution >= 4 is 0 Å². The van der Waals surface area contributed by atoms with Gasteiger partial charge in [-0.15, -0.1) is 5.10 Å². The lowest BCUT2D eigenvalue weighted by Gasteiger charge is -2.18. The van der Waals surface area contributed by atoms with Gasteiger partial charge in [-0.2, -0.15) is 17.6 Å². The summed E-state index contributed by atoms with van der Waals surface area (Å²) in [7, 11) is 0. The molecule has 0 unspecified atom stereocenters. The molecule has 0 fully saturated rings. The molecule has 1 heterocycles. The summed E-state index contributed by atoms with van der Waals surface area (Å²) in [5.41, 5.74) is -1.99. The van der Waals surface area contributed by atoms with Crippen molar-refractivity contribution in [2.75, 3.05) is 0 Å². The van der Waals surface area contributed by atoms with Gasteiger partial charge in [0, 0.05) is 6.20 Å². The molecule has 0 bridgehead atoms. The van der Waals surface area contributed by atoms with E-state index in [4.69, 9.17) is 0 Å². The SMILES string of the molecule is CC(C)(C)n1cc(C(F)(F)F)c(F)n1. The summed E-state index contributed by atoms with van der Waals surface area (Å²) in [4.78, 5) is 0. The minimum absolute atomic E-state index is 0.662. The van der Waals surface area contributed by atoms with Crippen LogP contribution in [0.25, 0.3) is 0 Å². The van der Waals surface area contributed by atoms with Crippen LogP contribution in [-0.2, 0) is 11.7 Å². The van der Waals surface area contributed by atoms with E-state index in [9.17, 15) is 17.6 Å². The molecule has 1 aromatic rings. The molecule has 0 aromatic carbocycles. The van der Waals surface area contributed by atoms with Crippen molar-refractivity contribution in [1.29, 1.82) is 0 Å². The summed E-state index contributed by atoms with van der Waals surface area (Å²) >= 11 is 0. The molecule has 0 N–H and O–H groups in total. The first-order valence-corrected chi connectivity index (χ1v) is 3.95. The molecule has 0 amide bonds. The Kier molecular flexibility index (Phi) is 2.33. The lowest BCUT2D eigenvalue weighted by atomic mass is 10.1. The monoisotopic (exact) mass is 210 g/mol. The van der Waals surface area contributed by atoms with Crippen LogP contribution in [0.15, 0.2) is 6.20 Å². The van der Waals surface area contributed by atoms with Crippen molar-refractivity contribution in [3.8, 4) is 0 Å². The summed E-state index contributed by atoms with van der Waals surface area (Å²) in [5.74, 6) is -1.48. The minimum atomic E-state index is -4.69. The smallest absolute Gasteiger partial charge is 0.264 e. The molecule has 1 aromatic heterocycles. The van der Waals surface area contributed by atoms with Crippen molar-refractivity contribution in [2.45, 2.75) is 32.5 Å². The second kappa shape index (κ2) is 2.96. The molecule has 0 saturated carbocycles. The molecule has 2 nitrogen and oxygen atoms in total. The van der Waals surface area contributed by atoms with Gasteiger partial charge in [0.25, 0.3) is 0 Å². The fraction of sp³-hybridized carbons (Fsp3) is 0.625. The zero-order valence-corrected chi connectivity index (χ0v) is 7.98. The van der Waals surface area contributed by atoms with Gasteiger partial charge in [0.15, 0.2) is 0 Å². The van der Waals surface area contributed by atoms with Gasteiger partial charge in [-0.05, 0) is 20.8 Å². The van der Waals surface area contributed by atoms with Gasteiger partial charge in [-0.1, -0.05) is 0 Å². The number of halogens is 4. The number of rotatable bonds is 0. The van der Waals surface area contributed by atoms with Crippen molar-refractivity contribution in [2.24, 2.45) is 0 Å². The maximum Gasteiger partial charge on any atom is 0.422 e. The van der Waals surface area contributed by atoms with E-state index in [1.807, 2.05) is 0 Å². The maximum atomic E-state index is 12.8. The lowest BCUT2D eigenvalue weighted by molar-refractivity contribution is -0.140. The Labute approximate surface area is 78.5 Å². The summed E-state index contributed by atoms with van der Waals surface area (Å²) in [6.45, 7) is 4.92. The maximum absolute atomic E-state index is 12.8. The van der Waals surface area contributed by atoms with Gasteiger partial charge in [0.1, 0.15) is 5.56 Å². The summed E-state index contributed by atoms with van der Waals surface area (Å²) in [6, 6.07) is 0. The lowest BCUT2D eigenvalue weighted by Crippen LogP contribution is -2.22. The number of nitrogens with zero attached hydrogens (tertiary/aromatic N) is 2. The molecule has 6 heteroatoms. The molecule has 0 radical (unpaired) electrons. The highest BCUT2D eigenvalue weighted by atomic mass is 19.4. The van der Waals surface area contributed by atoms with Crippen LogP contribution >= 0.6 is 0 Å². The van der Waals surface area contributed by atoms with Gasteiger partial charge in [0.2, 0.25) is 5.95 Å². The Bertz CT molecular complexity index is 332. The summed E-state index contributed by atoms with van der Waals surface area (Å²) in [6.07, 6.45) is -4.01. The average Bonchev–Trinajstić information content (AvgIpc) is 2.27. The summed E-state index contributed by atoms with van der Waals surface area (Å²) < 4.78 is 50.2. The average molecular weight is 210 g/mol. The number of hydrogen-bond donors (Lipinski definition) is 0.